The molecule has 146 valence electrons. The number of hydrogen-bond donors (Lipinski definition) is 1. The summed E-state index contributed by atoms with van der Waals surface area (Å²) in [5.74, 6) is -0.258. The first-order valence-corrected chi connectivity index (χ1v) is 10.5. The Balaban J connectivity index is 1.62. The number of rotatable bonds is 4. The SMILES string of the molecule is CCN1C(=O)c2ccccc2Sc2ccc(C(=O)NCc3ccccc3Cl)cc21. The third-order valence-corrected chi connectivity index (χ3v) is 6.32. The van der Waals surface area contributed by atoms with E-state index in [1.807, 2.05) is 55.5 Å². The fraction of sp³-hybridized carbons (Fsp3) is 0.130. The lowest BCUT2D eigenvalue weighted by atomic mass is 10.1. The summed E-state index contributed by atoms with van der Waals surface area (Å²) in [5.41, 5.74) is 2.80. The molecular formula is C23H19ClN2O2S. The quantitative estimate of drug-likeness (QED) is 0.612. The van der Waals surface area contributed by atoms with Crippen molar-refractivity contribution in [2.75, 3.05) is 11.4 Å². The normalized spacial score (nSPS) is 12.8. The topological polar surface area (TPSA) is 49.4 Å². The highest BCUT2D eigenvalue weighted by molar-refractivity contribution is 7.99. The molecule has 1 aliphatic rings. The van der Waals surface area contributed by atoms with Crippen LogP contribution in [-0.2, 0) is 6.54 Å². The van der Waals surface area contributed by atoms with Gasteiger partial charge in [0.1, 0.15) is 0 Å². The molecule has 0 unspecified atom stereocenters. The summed E-state index contributed by atoms with van der Waals surface area (Å²) in [4.78, 5) is 29.4. The molecule has 3 aromatic rings. The van der Waals surface area contributed by atoms with Crippen LogP contribution in [0.5, 0.6) is 0 Å². The Labute approximate surface area is 178 Å². The molecule has 0 saturated heterocycles. The highest BCUT2D eigenvalue weighted by Crippen LogP contribution is 2.41. The van der Waals surface area contributed by atoms with E-state index in [9.17, 15) is 9.59 Å². The first kappa shape index (κ1) is 19.6. The van der Waals surface area contributed by atoms with E-state index in [0.717, 1.165) is 21.0 Å². The average molecular weight is 423 g/mol. The molecule has 0 bridgehead atoms. The molecule has 2 amide bonds. The highest BCUT2D eigenvalue weighted by Gasteiger charge is 2.26. The standard InChI is InChI=1S/C23H19ClN2O2S/c1-2-26-19-13-15(22(27)25-14-16-7-3-5-9-18(16)24)11-12-21(19)29-20-10-6-4-8-17(20)23(26)28/h3-13H,2,14H2,1H3,(H,25,27). The van der Waals surface area contributed by atoms with E-state index in [1.54, 1.807) is 34.9 Å². The smallest absolute Gasteiger partial charge is 0.259 e. The van der Waals surface area contributed by atoms with Crippen LogP contribution in [0, 0.1) is 0 Å². The van der Waals surface area contributed by atoms with Crippen molar-refractivity contribution >= 4 is 40.9 Å². The van der Waals surface area contributed by atoms with Gasteiger partial charge in [-0.15, -0.1) is 0 Å². The van der Waals surface area contributed by atoms with Crippen LogP contribution in [0.1, 0.15) is 33.2 Å². The van der Waals surface area contributed by atoms with Gasteiger partial charge in [0.25, 0.3) is 11.8 Å². The molecule has 0 spiro atoms. The van der Waals surface area contributed by atoms with Crippen molar-refractivity contribution in [3.8, 4) is 0 Å². The van der Waals surface area contributed by atoms with Crippen LogP contribution >= 0.6 is 23.4 Å². The number of hydrogen-bond acceptors (Lipinski definition) is 3. The lowest BCUT2D eigenvalue weighted by molar-refractivity contribution is 0.0947. The lowest BCUT2D eigenvalue weighted by Gasteiger charge is -2.21. The van der Waals surface area contributed by atoms with Crippen molar-refractivity contribution in [1.29, 1.82) is 0 Å². The number of carbonyl (C=O) groups excluding carboxylic acids is 2. The van der Waals surface area contributed by atoms with Crippen LogP contribution in [0.25, 0.3) is 0 Å². The van der Waals surface area contributed by atoms with Crippen LogP contribution in [0.3, 0.4) is 0 Å². The van der Waals surface area contributed by atoms with Gasteiger partial charge in [0.15, 0.2) is 0 Å². The van der Waals surface area contributed by atoms with Crippen LogP contribution in [0.15, 0.2) is 76.5 Å². The fourth-order valence-electron chi connectivity index (χ4n) is 3.29. The third kappa shape index (κ3) is 3.88. The minimum absolute atomic E-state index is 0.0528. The molecule has 1 aliphatic heterocycles. The van der Waals surface area contributed by atoms with Crippen LogP contribution in [0.4, 0.5) is 5.69 Å². The van der Waals surface area contributed by atoms with E-state index in [2.05, 4.69) is 5.32 Å². The summed E-state index contributed by atoms with van der Waals surface area (Å²) in [6.07, 6.45) is 0. The summed E-state index contributed by atoms with van der Waals surface area (Å²) < 4.78 is 0. The molecule has 4 rings (SSSR count). The minimum Gasteiger partial charge on any atom is -0.348 e. The zero-order valence-corrected chi connectivity index (χ0v) is 17.4. The van der Waals surface area contributed by atoms with E-state index in [-0.39, 0.29) is 11.8 Å². The van der Waals surface area contributed by atoms with E-state index in [1.165, 1.54) is 0 Å². The van der Waals surface area contributed by atoms with Crippen molar-refractivity contribution in [2.45, 2.75) is 23.3 Å². The minimum atomic E-state index is -0.206. The maximum Gasteiger partial charge on any atom is 0.259 e. The fourth-order valence-corrected chi connectivity index (χ4v) is 4.56. The van der Waals surface area contributed by atoms with Crippen molar-refractivity contribution in [3.05, 3.63) is 88.4 Å². The van der Waals surface area contributed by atoms with Crippen molar-refractivity contribution in [3.63, 3.8) is 0 Å². The van der Waals surface area contributed by atoms with Gasteiger partial charge in [-0.2, -0.15) is 0 Å². The Morgan fingerprint density at radius 1 is 1.03 bits per heavy atom. The van der Waals surface area contributed by atoms with Crippen molar-refractivity contribution < 1.29 is 9.59 Å². The van der Waals surface area contributed by atoms with Crippen LogP contribution in [-0.4, -0.2) is 18.4 Å². The molecule has 0 saturated carbocycles. The van der Waals surface area contributed by atoms with Crippen molar-refractivity contribution in [2.24, 2.45) is 0 Å². The monoisotopic (exact) mass is 422 g/mol. The number of benzene rings is 3. The number of fused-ring (bicyclic) bond motifs is 2. The van der Waals surface area contributed by atoms with E-state index >= 15 is 0 Å². The zero-order chi connectivity index (χ0) is 20.4. The Morgan fingerprint density at radius 2 is 1.79 bits per heavy atom. The third-order valence-electron chi connectivity index (χ3n) is 4.81. The summed E-state index contributed by atoms with van der Waals surface area (Å²) in [5, 5.41) is 3.52. The van der Waals surface area contributed by atoms with E-state index in [4.69, 9.17) is 11.6 Å². The second-order valence-corrected chi connectivity index (χ2v) is 8.10. The predicted molar refractivity (Wildman–Crippen MR) is 117 cm³/mol. The largest absolute Gasteiger partial charge is 0.348 e. The summed E-state index contributed by atoms with van der Waals surface area (Å²) in [6.45, 7) is 2.79. The van der Waals surface area contributed by atoms with E-state index in [0.29, 0.717) is 29.2 Å². The van der Waals surface area contributed by atoms with Gasteiger partial charge in [-0.05, 0) is 48.9 Å². The average Bonchev–Trinajstić information content (AvgIpc) is 2.86. The second kappa shape index (κ2) is 8.31. The van der Waals surface area contributed by atoms with Crippen LogP contribution < -0.4 is 10.2 Å². The van der Waals surface area contributed by atoms with Gasteiger partial charge in [-0.25, -0.2) is 0 Å². The zero-order valence-electron chi connectivity index (χ0n) is 15.8. The predicted octanol–water partition coefficient (Wildman–Crippen LogP) is 5.40. The molecule has 4 nitrogen and oxygen atoms in total. The molecule has 0 aromatic heterocycles. The van der Waals surface area contributed by atoms with Gasteiger partial charge in [0.05, 0.1) is 11.3 Å². The van der Waals surface area contributed by atoms with Gasteiger partial charge in [0.2, 0.25) is 0 Å². The molecular weight excluding hydrogens is 404 g/mol. The number of anilines is 1. The Hall–Kier alpha value is -2.76. The van der Waals surface area contributed by atoms with Gasteiger partial charge in [0, 0.05) is 33.5 Å². The first-order chi connectivity index (χ1) is 14.1. The molecule has 1 N–H and O–H groups in total. The van der Waals surface area contributed by atoms with Gasteiger partial charge in [-0.1, -0.05) is 53.7 Å². The van der Waals surface area contributed by atoms with Crippen molar-refractivity contribution in [1.82, 2.24) is 5.32 Å². The molecule has 29 heavy (non-hydrogen) atoms. The molecule has 0 aliphatic carbocycles. The van der Waals surface area contributed by atoms with Gasteiger partial charge >= 0.3 is 0 Å². The Bertz CT molecular complexity index is 1100. The number of amides is 2. The maximum atomic E-state index is 13.1. The Kier molecular flexibility index (Phi) is 5.60. The molecule has 0 fully saturated rings. The molecule has 6 heteroatoms. The number of halogens is 1. The van der Waals surface area contributed by atoms with Gasteiger partial charge in [-0.3, -0.25) is 9.59 Å². The maximum absolute atomic E-state index is 13.1. The first-order valence-electron chi connectivity index (χ1n) is 9.33. The van der Waals surface area contributed by atoms with Gasteiger partial charge < -0.3 is 10.2 Å². The summed E-state index contributed by atoms with van der Waals surface area (Å²) in [7, 11) is 0. The number of nitrogens with zero attached hydrogens (tertiary/aromatic N) is 1. The lowest BCUT2D eigenvalue weighted by Crippen LogP contribution is -2.31. The van der Waals surface area contributed by atoms with Crippen LogP contribution in [0.2, 0.25) is 5.02 Å². The Morgan fingerprint density at radius 3 is 2.59 bits per heavy atom. The molecule has 3 aromatic carbocycles. The summed E-state index contributed by atoms with van der Waals surface area (Å²) in [6, 6.07) is 20.5. The molecule has 1 heterocycles. The molecule has 0 radical (unpaired) electrons. The highest BCUT2D eigenvalue weighted by atomic mass is 35.5. The van der Waals surface area contributed by atoms with E-state index < -0.39 is 0 Å². The number of nitrogens with one attached hydrogen (secondary N) is 1. The number of carbonyl (C=O) groups is 2. The second-order valence-electron chi connectivity index (χ2n) is 6.60. The summed E-state index contributed by atoms with van der Waals surface area (Å²) >= 11 is 7.71. The molecule has 0 atom stereocenters.